The molecule has 1 unspecified atom stereocenters. The van der Waals surface area contributed by atoms with Crippen LogP contribution in [0.5, 0.6) is 5.75 Å². The number of rotatable bonds is 4. The monoisotopic (exact) mass is 327 g/mol. The molecule has 0 radical (unpaired) electrons. The van der Waals surface area contributed by atoms with Crippen LogP contribution in [0.3, 0.4) is 0 Å². The molecule has 1 aromatic carbocycles. The molecule has 1 N–H and O–H groups in total. The standard InChI is InChI=1S/C19H25N3O2/c1-12(2)22-14(4)17(13(3)21-22)10-20-19(23)16-9-15-7-5-6-8-18(15)24-11-16/h5-8,12,16H,9-11H2,1-4H3,(H,20,23). The third kappa shape index (κ3) is 3.16. The van der Waals surface area contributed by atoms with Crippen LogP contribution >= 0.6 is 0 Å². The molecule has 2 heterocycles. The average Bonchev–Trinajstić information content (AvgIpc) is 2.86. The Morgan fingerprint density at radius 1 is 1.38 bits per heavy atom. The molecule has 0 fully saturated rings. The number of aryl methyl sites for hydroxylation is 1. The van der Waals surface area contributed by atoms with Gasteiger partial charge in [-0.2, -0.15) is 5.10 Å². The summed E-state index contributed by atoms with van der Waals surface area (Å²) in [5, 5.41) is 7.63. The number of nitrogens with one attached hydrogen (secondary N) is 1. The molecule has 0 bridgehead atoms. The molecular formula is C19H25N3O2. The molecule has 1 amide bonds. The quantitative estimate of drug-likeness (QED) is 0.939. The Balaban J connectivity index is 1.65. The van der Waals surface area contributed by atoms with Crippen LogP contribution in [0.2, 0.25) is 0 Å². The maximum atomic E-state index is 12.5. The summed E-state index contributed by atoms with van der Waals surface area (Å²) >= 11 is 0. The van der Waals surface area contributed by atoms with Crippen LogP contribution in [0.25, 0.3) is 0 Å². The van der Waals surface area contributed by atoms with Crippen LogP contribution in [-0.2, 0) is 17.8 Å². The van der Waals surface area contributed by atoms with Crippen molar-refractivity contribution in [2.45, 2.75) is 46.7 Å². The van der Waals surface area contributed by atoms with Crippen molar-refractivity contribution in [3.63, 3.8) is 0 Å². The number of benzene rings is 1. The highest BCUT2D eigenvalue weighted by atomic mass is 16.5. The van der Waals surface area contributed by atoms with Crippen molar-refractivity contribution in [1.82, 2.24) is 15.1 Å². The number of para-hydroxylation sites is 1. The molecule has 128 valence electrons. The fraction of sp³-hybridized carbons (Fsp3) is 0.474. The van der Waals surface area contributed by atoms with Crippen molar-refractivity contribution < 1.29 is 9.53 Å². The van der Waals surface area contributed by atoms with Gasteiger partial charge in [0.15, 0.2) is 0 Å². The highest BCUT2D eigenvalue weighted by Crippen LogP contribution is 2.27. The number of aromatic nitrogens is 2. The first-order valence-electron chi connectivity index (χ1n) is 8.50. The van der Waals surface area contributed by atoms with Crippen LogP contribution in [0, 0.1) is 19.8 Å². The average molecular weight is 327 g/mol. The molecule has 1 aliphatic heterocycles. The van der Waals surface area contributed by atoms with Crippen LogP contribution in [0.1, 0.15) is 42.4 Å². The second kappa shape index (κ2) is 6.67. The number of carbonyl (C=O) groups excluding carboxylic acids is 1. The summed E-state index contributed by atoms with van der Waals surface area (Å²) in [6, 6.07) is 8.23. The van der Waals surface area contributed by atoms with Gasteiger partial charge < -0.3 is 10.1 Å². The molecule has 2 aromatic rings. The first kappa shape index (κ1) is 16.6. The minimum Gasteiger partial charge on any atom is -0.492 e. The minimum atomic E-state index is -0.138. The second-order valence-corrected chi connectivity index (χ2v) is 6.73. The zero-order valence-electron chi connectivity index (χ0n) is 14.8. The molecule has 24 heavy (non-hydrogen) atoms. The number of nitrogens with zero attached hydrogens (tertiary/aromatic N) is 2. The summed E-state index contributed by atoms with van der Waals surface area (Å²) in [4.78, 5) is 12.5. The summed E-state index contributed by atoms with van der Waals surface area (Å²) in [7, 11) is 0. The summed E-state index contributed by atoms with van der Waals surface area (Å²) in [6.45, 7) is 9.22. The summed E-state index contributed by atoms with van der Waals surface area (Å²) < 4.78 is 7.73. The number of hydrogen-bond donors (Lipinski definition) is 1. The van der Waals surface area contributed by atoms with Gasteiger partial charge in [-0.3, -0.25) is 9.48 Å². The second-order valence-electron chi connectivity index (χ2n) is 6.73. The van der Waals surface area contributed by atoms with Gasteiger partial charge in [-0.1, -0.05) is 18.2 Å². The van der Waals surface area contributed by atoms with E-state index in [0.717, 1.165) is 34.7 Å². The normalized spacial score (nSPS) is 16.6. The SMILES string of the molecule is Cc1nn(C(C)C)c(C)c1CNC(=O)C1COc2ccccc2C1. The fourth-order valence-corrected chi connectivity index (χ4v) is 3.27. The molecule has 5 heteroatoms. The van der Waals surface area contributed by atoms with Gasteiger partial charge in [0.05, 0.1) is 11.6 Å². The molecule has 1 aromatic heterocycles. The Labute approximate surface area is 143 Å². The Hall–Kier alpha value is -2.30. The van der Waals surface area contributed by atoms with E-state index in [1.54, 1.807) is 0 Å². The Bertz CT molecular complexity index is 749. The van der Waals surface area contributed by atoms with E-state index in [2.05, 4.69) is 31.2 Å². The minimum absolute atomic E-state index is 0.0422. The van der Waals surface area contributed by atoms with Crippen LogP contribution in [0.4, 0.5) is 0 Å². The topological polar surface area (TPSA) is 56.2 Å². The van der Waals surface area contributed by atoms with Gasteiger partial charge in [0.1, 0.15) is 12.4 Å². The maximum absolute atomic E-state index is 12.5. The van der Waals surface area contributed by atoms with Crippen molar-refractivity contribution in [2.24, 2.45) is 5.92 Å². The lowest BCUT2D eigenvalue weighted by molar-refractivity contribution is -0.126. The van der Waals surface area contributed by atoms with Crippen molar-refractivity contribution in [2.75, 3.05) is 6.61 Å². The lowest BCUT2D eigenvalue weighted by Crippen LogP contribution is -2.37. The van der Waals surface area contributed by atoms with E-state index in [1.165, 1.54) is 0 Å². The fourth-order valence-electron chi connectivity index (χ4n) is 3.27. The van der Waals surface area contributed by atoms with Gasteiger partial charge in [0.25, 0.3) is 0 Å². The molecule has 5 nitrogen and oxygen atoms in total. The third-order valence-electron chi connectivity index (χ3n) is 4.65. The third-order valence-corrected chi connectivity index (χ3v) is 4.65. The number of amides is 1. The molecular weight excluding hydrogens is 302 g/mol. The summed E-state index contributed by atoms with van der Waals surface area (Å²) in [5.74, 6) is 0.799. The van der Waals surface area contributed by atoms with E-state index in [0.29, 0.717) is 19.2 Å². The van der Waals surface area contributed by atoms with Crippen LogP contribution in [0.15, 0.2) is 24.3 Å². The van der Waals surface area contributed by atoms with E-state index < -0.39 is 0 Å². The van der Waals surface area contributed by atoms with E-state index in [4.69, 9.17) is 4.74 Å². The van der Waals surface area contributed by atoms with Gasteiger partial charge in [0, 0.05) is 23.8 Å². The number of hydrogen-bond acceptors (Lipinski definition) is 3. The van der Waals surface area contributed by atoms with Gasteiger partial charge in [0.2, 0.25) is 5.91 Å². The zero-order valence-corrected chi connectivity index (χ0v) is 14.8. The van der Waals surface area contributed by atoms with Crippen molar-refractivity contribution >= 4 is 5.91 Å². The lowest BCUT2D eigenvalue weighted by atomic mass is 9.96. The summed E-state index contributed by atoms with van der Waals surface area (Å²) in [6.07, 6.45) is 0.727. The van der Waals surface area contributed by atoms with Gasteiger partial charge in [-0.05, 0) is 45.7 Å². The molecule has 0 saturated heterocycles. The molecule has 0 spiro atoms. The predicted octanol–water partition coefficient (Wildman–Crippen LogP) is 2.95. The Kier molecular flexibility index (Phi) is 4.60. The largest absolute Gasteiger partial charge is 0.492 e. The van der Waals surface area contributed by atoms with Crippen molar-refractivity contribution in [1.29, 1.82) is 0 Å². The predicted molar refractivity (Wildman–Crippen MR) is 93.1 cm³/mol. The van der Waals surface area contributed by atoms with E-state index in [9.17, 15) is 4.79 Å². The van der Waals surface area contributed by atoms with Crippen molar-refractivity contribution in [3.05, 3.63) is 46.8 Å². The highest BCUT2D eigenvalue weighted by molar-refractivity contribution is 5.79. The Morgan fingerprint density at radius 2 is 2.12 bits per heavy atom. The van der Waals surface area contributed by atoms with Crippen LogP contribution < -0.4 is 10.1 Å². The zero-order chi connectivity index (χ0) is 17.3. The van der Waals surface area contributed by atoms with E-state index in [-0.39, 0.29) is 11.8 Å². The van der Waals surface area contributed by atoms with Gasteiger partial charge in [-0.25, -0.2) is 0 Å². The Morgan fingerprint density at radius 3 is 2.83 bits per heavy atom. The summed E-state index contributed by atoms with van der Waals surface area (Å²) in [5.41, 5.74) is 4.30. The van der Waals surface area contributed by atoms with Crippen LogP contribution in [-0.4, -0.2) is 22.3 Å². The molecule has 0 aliphatic carbocycles. The van der Waals surface area contributed by atoms with E-state index >= 15 is 0 Å². The molecule has 0 saturated carbocycles. The first-order chi connectivity index (χ1) is 11.5. The number of fused-ring (bicyclic) bond motifs is 1. The number of carbonyl (C=O) groups is 1. The smallest absolute Gasteiger partial charge is 0.227 e. The van der Waals surface area contributed by atoms with E-state index in [1.807, 2.05) is 35.9 Å². The first-order valence-corrected chi connectivity index (χ1v) is 8.50. The molecule has 1 aliphatic rings. The highest BCUT2D eigenvalue weighted by Gasteiger charge is 2.26. The van der Waals surface area contributed by atoms with Crippen molar-refractivity contribution in [3.8, 4) is 5.75 Å². The molecule has 3 rings (SSSR count). The maximum Gasteiger partial charge on any atom is 0.227 e. The number of ether oxygens (including phenoxy) is 1. The van der Waals surface area contributed by atoms with Gasteiger partial charge in [-0.15, -0.1) is 0 Å². The molecule has 1 atom stereocenters. The van der Waals surface area contributed by atoms with Gasteiger partial charge >= 0.3 is 0 Å². The lowest BCUT2D eigenvalue weighted by Gasteiger charge is -2.24.